The summed E-state index contributed by atoms with van der Waals surface area (Å²) in [6.07, 6.45) is 1.80. The van der Waals surface area contributed by atoms with Crippen molar-refractivity contribution in [1.29, 1.82) is 5.41 Å². The summed E-state index contributed by atoms with van der Waals surface area (Å²) in [5.74, 6) is 0. The van der Waals surface area contributed by atoms with Gasteiger partial charge < -0.3 is 10.7 Å². The molecule has 0 atom stereocenters. The van der Waals surface area contributed by atoms with Crippen LogP contribution >= 0.6 is 0 Å². The summed E-state index contributed by atoms with van der Waals surface area (Å²) < 4.78 is 0. The van der Waals surface area contributed by atoms with Crippen molar-refractivity contribution in [2.45, 2.75) is 13.8 Å². The molecule has 2 aromatic carbocycles. The summed E-state index contributed by atoms with van der Waals surface area (Å²) >= 11 is 0. The van der Waals surface area contributed by atoms with Crippen LogP contribution in [0.2, 0.25) is 0 Å². The van der Waals surface area contributed by atoms with E-state index in [1.54, 1.807) is 13.1 Å². The van der Waals surface area contributed by atoms with E-state index >= 15 is 0 Å². The predicted molar refractivity (Wildman–Crippen MR) is 88.3 cm³/mol. The second-order valence-electron chi connectivity index (χ2n) is 3.90. The fraction of sp³-hybridized carbons (Fsp3) is 0.167. The Morgan fingerprint density at radius 3 is 1.71 bits per heavy atom. The van der Waals surface area contributed by atoms with Crippen LogP contribution in [0.15, 0.2) is 66.7 Å². The normalized spacial score (nSPS) is 9.76. The summed E-state index contributed by atoms with van der Waals surface area (Å²) in [5.41, 5.74) is 3.22. The molecule has 1 radical (unpaired) electrons. The van der Waals surface area contributed by atoms with Crippen molar-refractivity contribution in [2.75, 3.05) is 7.05 Å². The molecule has 0 aromatic heterocycles. The van der Waals surface area contributed by atoms with Crippen LogP contribution in [0.3, 0.4) is 0 Å². The van der Waals surface area contributed by atoms with Gasteiger partial charge in [0, 0.05) is 32.7 Å². The molecule has 2 aromatic rings. The van der Waals surface area contributed by atoms with E-state index in [-0.39, 0.29) is 32.7 Å². The van der Waals surface area contributed by atoms with Gasteiger partial charge in [0.2, 0.25) is 0 Å². The predicted octanol–water partition coefficient (Wildman–Crippen LogP) is 5.12. The Hall–Kier alpha value is -1.25. The summed E-state index contributed by atoms with van der Waals surface area (Å²) in [4.78, 5) is 0. The van der Waals surface area contributed by atoms with E-state index in [1.807, 2.05) is 74.5 Å². The van der Waals surface area contributed by atoms with Gasteiger partial charge in [0.1, 0.15) is 0 Å². The van der Waals surface area contributed by atoms with Gasteiger partial charge in [-0.15, -0.1) is 12.7 Å². The number of nitrogens with one attached hydrogen (secondary N) is 1. The smallest absolute Gasteiger partial charge is 0.0600 e. The van der Waals surface area contributed by atoms with Crippen molar-refractivity contribution in [2.24, 2.45) is 0 Å². The molecule has 2 rings (SSSR count). The Morgan fingerprint density at radius 1 is 0.857 bits per heavy atom. The van der Waals surface area contributed by atoms with Crippen molar-refractivity contribution in [3.05, 3.63) is 83.2 Å². The molecule has 0 bridgehead atoms. The van der Waals surface area contributed by atoms with Crippen LogP contribution in [0.4, 0.5) is 0 Å². The molecule has 0 saturated heterocycles. The van der Waals surface area contributed by atoms with Crippen LogP contribution in [-0.2, 0) is 32.7 Å². The number of hydrogen-bond acceptors (Lipinski definition) is 1. The van der Waals surface area contributed by atoms with Gasteiger partial charge in [-0.2, -0.15) is 0 Å². The van der Waals surface area contributed by atoms with Gasteiger partial charge in [-0.1, -0.05) is 80.6 Å². The largest absolute Gasteiger partial charge is 0.686 e. The van der Waals surface area contributed by atoms with E-state index in [2.05, 4.69) is 5.32 Å². The van der Waals surface area contributed by atoms with Crippen molar-refractivity contribution in [3.63, 3.8) is 0 Å². The quantitative estimate of drug-likeness (QED) is 0.740. The molecule has 3 heteroatoms. The summed E-state index contributed by atoms with van der Waals surface area (Å²) in [7, 11) is 1.75. The first-order chi connectivity index (χ1) is 9.81. The number of nitrogens with zero attached hydrogens (tertiary/aromatic N) is 1. The molecule has 21 heavy (non-hydrogen) atoms. The monoisotopic (exact) mass is 354 g/mol. The fourth-order valence-corrected chi connectivity index (χ4v) is 1.72. The molecule has 0 amide bonds. The summed E-state index contributed by atoms with van der Waals surface area (Å²) in [6, 6.07) is 19.6. The number of benzene rings is 2. The zero-order valence-electron chi connectivity index (χ0n) is 12.9. The Balaban J connectivity index is 0.00000128. The average Bonchev–Trinajstić information content (AvgIpc) is 2.56. The van der Waals surface area contributed by atoms with Gasteiger partial charge in [0.15, 0.2) is 0 Å². The molecule has 0 fully saturated rings. The molecule has 0 heterocycles. The first kappa shape index (κ1) is 19.8. The van der Waals surface area contributed by atoms with Crippen molar-refractivity contribution in [3.8, 4) is 0 Å². The third kappa shape index (κ3) is 6.37. The molecular formula is C18H21N2Y-. The molecule has 2 nitrogen and oxygen atoms in total. The van der Waals surface area contributed by atoms with E-state index in [0.29, 0.717) is 5.71 Å². The SMILES string of the molecule is CC.C[N-]/C(=C\C(=N)c1ccccc1)c1ccccc1.[Y]. The van der Waals surface area contributed by atoms with Crippen LogP contribution in [0.5, 0.6) is 0 Å². The average molecular weight is 354 g/mol. The molecule has 0 saturated carbocycles. The molecule has 0 aliphatic rings. The van der Waals surface area contributed by atoms with Crippen LogP contribution in [0, 0.1) is 5.41 Å². The molecule has 0 aliphatic heterocycles. The van der Waals surface area contributed by atoms with Gasteiger partial charge >= 0.3 is 0 Å². The maximum atomic E-state index is 8.08. The van der Waals surface area contributed by atoms with Crippen molar-refractivity contribution < 1.29 is 32.7 Å². The Morgan fingerprint density at radius 2 is 1.29 bits per heavy atom. The molecule has 0 spiro atoms. The minimum atomic E-state index is 0. The third-order valence-corrected chi connectivity index (χ3v) is 2.68. The maximum absolute atomic E-state index is 8.08. The van der Waals surface area contributed by atoms with Crippen molar-refractivity contribution >= 4 is 11.4 Å². The van der Waals surface area contributed by atoms with E-state index in [9.17, 15) is 0 Å². The van der Waals surface area contributed by atoms with Crippen molar-refractivity contribution in [1.82, 2.24) is 0 Å². The van der Waals surface area contributed by atoms with Crippen LogP contribution < -0.4 is 0 Å². The summed E-state index contributed by atoms with van der Waals surface area (Å²) in [5, 5.41) is 12.3. The van der Waals surface area contributed by atoms with Crippen LogP contribution in [0.25, 0.3) is 11.0 Å². The van der Waals surface area contributed by atoms with Crippen LogP contribution in [-0.4, -0.2) is 12.8 Å². The van der Waals surface area contributed by atoms with Gasteiger partial charge in [-0.05, 0) is 11.1 Å². The first-order valence-electron chi connectivity index (χ1n) is 6.82. The number of allylic oxidation sites excluding steroid dienone is 1. The second-order valence-corrected chi connectivity index (χ2v) is 3.90. The maximum Gasteiger partial charge on any atom is 0.0600 e. The van der Waals surface area contributed by atoms with Gasteiger partial charge in [-0.3, -0.25) is 0 Å². The van der Waals surface area contributed by atoms with E-state index in [1.165, 1.54) is 0 Å². The summed E-state index contributed by atoms with van der Waals surface area (Å²) in [6.45, 7) is 4.00. The van der Waals surface area contributed by atoms with E-state index in [4.69, 9.17) is 5.41 Å². The minimum Gasteiger partial charge on any atom is -0.686 e. The van der Waals surface area contributed by atoms with Gasteiger partial charge in [-0.25, -0.2) is 0 Å². The van der Waals surface area contributed by atoms with Crippen LogP contribution in [0.1, 0.15) is 25.0 Å². The molecular weight excluding hydrogens is 333 g/mol. The molecule has 0 unspecified atom stereocenters. The standard InChI is InChI=1S/C16H15N2.C2H6.Y/c1-18-16(14-10-6-3-7-11-14)12-15(17)13-8-4-2-5-9-13;1-2;/h2-12,17H,1H3;1-2H3;/q-1;;/b16-12-,17-15?;;. The zero-order chi connectivity index (χ0) is 14.8. The van der Waals surface area contributed by atoms with E-state index < -0.39 is 0 Å². The number of rotatable bonds is 4. The zero-order valence-corrected chi connectivity index (χ0v) is 15.7. The molecule has 1 N–H and O–H groups in total. The topological polar surface area (TPSA) is 38.0 Å². The Labute approximate surface area is 153 Å². The molecule has 0 aliphatic carbocycles. The van der Waals surface area contributed by atoms with E-state index in [0.717, 1.165) is 16.8 Å². The minimum absolute atomic E-state index is 0. The second kappa shape index (κ2) is 11.4. The Kier molecular flexibility index (Phi) is 10.7. The first-order valence-corrected chi connectivity index (χ1v) is 6.82. The Bertz CT molecular complexity index is 548. The third-order valence-electron chi connectivity index (χ3n) is 2.68. The fourth-order valence-electron chi connectivity index (χ4n) is 1.72. The number of hydrogen-bond donors (Lipinski definition) is 1. The molecule has 107 valence electrons. The van der Waals surface area contributed by atoms with Gasteiger partial charge in [0.25, 0.3) is 0 Å². The van der Waals surface area contributed by atoms with Gasteiger partial charge in [0.05, 0.1) is 5.71 Å².